The number of hydrogen-bond donors (Lipinski definition) is 1. The largest absolute Gasteiger partial charge is 0.321 e. The summed E-state index contributed by atoms with van der Waals surface area (Å²) in [7, 11) is -3.65. The van der Waals surface area contributed by atoms with Gasteiger partial charge in [0.2, 0.25) is 10.0 Å². The zero-order valence-corrected chi connectivity index (χ0v) is 20.2. The smallest absolute Gasteiger partial charge is 0.267 e. The second-order valence-electron chi connectivity index (χ2n) is 8.24. The van der Waals surface area contributed by atoms with Crippen LogP contribution in [0.5, 0.6) is 0 Å². The standard InChI is InChI=1S/C22H29N3O3S3/c1-17-6-9-24(10-7-17)16-18-2-4-19(5-3-18)23-22(26)21-20(8-13-30-21)31(27,28)25-11-14-29-15-12-25/h2-5,8,13,17H,6-7,9-12,14-16H2,1H3,(H,23,26). The fourth-order valence-electron chi connectivity index (χ4n) is 3.95. The normalized spacial score (nSPS) is 19.4. The van der Waals surface area contributed by atoms with Crippen LogP contribution in [0.1, 0.15) is 35.0 Å². The van der Waals surface area contributed by atoms with Crippen LogP contribution in [0.4, 0.5) is 5.69 Å². The second-order valence-corrected chi connectivity index (χ2v) is 12.3. The van der Waals surface area contributed by atoms with E-state index in [-0.39, 0.29) is 15.7 Å². The van der Waals surface area contributed by atoms with Gasteiger partial charge in [-0.2, -0.15) is 16.1 Å². The van der Waals surface area contributed by atoms with Crippen molar-refractivity contribution < 1.29 is 13.2 Å². The number of sulfonamides is 1. The molecule has 0 aliphatic carbocycles. The maximum Gasteiger partial charge on any atom is 0.267 e. The number of carbonyl (C=O) groups is 1. The number of hydrogen-bond acceptors (Lipinski definition) is 6. The Labute approximate surface area is 193 Å². The van der Waals surface area contributed by atoms with Gasteiger partial charge in [0.25, 0.3) is 5.91 Å². The SMILES string of the molecule is CC1CCN(Cc2ccc(NC(=O)c3sccc3S(=O)(=O)N3CCSCC3)cc2)CC1. The summed E-state index contributed by atoms with van der Waals surface area (Å²) in [5.74, 6) is 2.01. The van der Waals surface area contributed by atoms with Crippen LogP contribution >= 0.6 is 23.1 Å². The van der Waals surface area contributed by atoms with Gasteiger partial charge in [0.15, 0.2) is 0 Å². The molecule has 6 nitrogen and oxygen atoms in total. The van der Waals surface area contributed by atoms with Crippen molar-refractivity contribution in [1.82, 2.24) is 9.21 Å². The molecule has 2 saturated heterocycles. The molecule has 0 radical (unpaired) electrons. The predicted molar refractivity (Wildman–Crippen MR) is 128 cm³/mol. The van der Waals surface area contributed by atoms with Crippen molar-refractivity contribution in [2.75, 3.05) is 43.0 Å². The Morgan fingerprint density at radius 2 is 1.74 bits per heavy atom. The molecule has 1 aromatic heterocycles. The Bertz CT molecular complexity index is 991. The third kappa shape index (κ3) is 5.51. The van der Waals surface area contributed by atoms with E-state index in [9.17, 15) is 13.2 Å². The number of piperidine rings is 1. The Morgan fingerprint density at radius 1 is 1.06 bits per heavy atom. The van der Waals surface area contributed by atoms with E-state index < -0.39 is 10.0 Å². The van der Waals surface area contributed by atoms with Crippen molar-refractivity contribution in [3.63, 3.8) is 0 Å². The number of anilines is 1. The van der Waals surface area contributed by atoms with E-state index >= 15 is 0 Å². The molecule has 4 rings (SSSR count). The minimum absolute atomic E-state index is 0.109. The average Bonchev–Trinajstić information content (AvgIpc) is 3.28. The Hall–Kier alpha value is -1.39. The lowest BCUT2D eigenvalue weighted by molar-refractivity contribution is 0.102. The summed E-state index contributed by atoms with van der Waals surface area (Å²) in [6.45, 7) is 6.46. The third-order valence-corrected chi connectivity index (χ3v) is 9.84. The first-order valence-corrected chi connectivity index (χ1v) is 14.2. The molecule has 1 aromatic carbocycles. The number of nitrogens with one attached hydrogen (secondary N) is 1. The number of thiophene rings is 1. The van der Waals surface area contributed by atoms with Crippen LogP contribution in [-0.2, 0) is 16.6 Å². The molecule has 9 heteroatoms. The molecule has 31 heavy (non-hydrogen) atoms. The van der Waals surface area contributed by atoms with Crippen LogP contribution in [0, 0.1) is 5.92 Å². The van der Waals surface area contributed by atoms with Gasteiger partial charge in [0.1, 0.15) is 9.77 Å². The lowest BCUT2D eigenvalue weighted by Gasteiger charge is -2.30. The van der Waals surface area contributed by atoms with Gasteiger partial charge in [0, 0.05) is 36.8 Å². The average molecular weight is 480 g/mol. The van der Waals surface area contributed by atoms with E-state index in [1.54, 1.807) is 23.2 Å². The van der Waals surface area contributed by atoms with E-state index in [2.05, 4.69) is 17.1 Å². The van der Waals surface area contributed by atoms with Crippen LogP contribution in [0.3, 0.4) is 0 Å². The Balaban J connectivity index is 1.40. The second kappa shape index (κ2) is 10.0. The monoisotopic (exact) mass is 479 g/mol. The number of likely N-dealkylation sites (tertiary alicyclic amines) is 1. The highest BCUT2D eigenvalue weighted by molar-refractivity contribution is 7.99. The van der Waals surface area contributed by atoms with Crippen molar-refractivity contribution in [3.8, 4) is 0 Å². The highest BCUT2D eigenvalue weighted by atomic mass is 32.2. The van der Waals surface area contributed by atoms with E-state index in [4.69, 9.17) is 0 Å². The van der Waals surface area contributed by atoms with Crippen LogP contribution in [-0.4, -0.2) is 61.2 Å². The van der Waals surface area contributed by atoms with Crippen molar-refractivity contribution in [2.45, 2.75) is 31.2 Å². The van der Waals surface area contributed by atoms with Crippen LogP contribution < -0.4 is 5.32 Å². The summed E-state index contributed by atoms with van der Waals surface area (Å²) >= 11 is 2.92. The Morgan fingerprint density at radius 3 is 2.42 bits per heavy atom. The summed E-state index contributed by atoms with van der Waals surface area (Å²) in [4.78, 5) is 15.7. The summed E-state index contributed by atoms with van der Waals surface area (Å²) in [5, 5.41) is 4.54. The summed E-state index contributed by atoms with van der Waals surface area (Å²) in [6, 6.07) is 9.39. The van der Waals surface area contributed by atoms with Gasteiger partial charge >= 0.3 is 0 Å². The van der Waals surface area contributed by atoms with Crippen molar-refractivity contribution >= 4 is 44.7 Å². The molecule has 0 unspecified atom stereocenters. The molecule has 0 bridgehead atoms. The van der Waals surface area contributed by atoms with Gasteiger partial charge in [-0.25, -0.2) is 8.42 Å². The molecule has 0 spiro atoms. The van der Waals surface area contributed by atoms with Crippen molar-refractivity contribution in [2.24, 2.45) is 5.92 Å². The van der Waals surface area contributed by atoms with Crippen molar-refractivity contribution in [3.05, 3.63) is 46.2 Å². The first kappa shape index (κ1) is 22.8. The maximum atomic E-state index is 13.0. The number of thioether (sulfide) groups is 1. The van der Waals surface area contributed by atoms with Gasteiger partial charge in [0.05, 0.1) is 0 Å². The van der Waals surface area contributed by atoms with Gasteiger partial charge in [-0.05, 0) is 61.0 Å². The third-order valence-electron chi connectivity index (χ3n) is 5.92. The lowest BCUT2D eigenvalue weighted by Crippen LogP contribution is -2.38. The number of nitrogens with zero attached hydrogens (tertiary/aromatic N) is 2. The fourth-order valence-corrected chi connectivity index (χ4v) is 7.82. The fraction of sp³-hybridized carbons (Fsp3) is 0.500. The lowest BCUT2D eigenvalue weighted by atomic mass is 9.99. The van der Waals surface area contributed by atoms with Crippen LogP contribution in [0.25, 0.3) is 0 Å². The zero-order chi connectivity index (χ0) is 21.8. The maximum absolute atomic E-state index is 13.0. The summed E-state index contributed by atoms with van der Waals surface area (Å²) in [6.07, 6.45) is 2.49. The van der Waals surface area contributed by atoms with Crippen molar-refractivity contribution in [1.29, 1.82) is 0 Å². The molecule has 2 aliphatic heterocycles. The van der Waals surface area contributed by atoms with Crippen LogP contribution in [0.15, 0.2) is 40.6 Å². The molecule has 0 atom stereocenters. The van der Waals surface area contributed by atoms with Crippen LogP contribution in [0.2, 0.25) is 0 Å². The topological polar surface area (TPSA) is 69.7 Å². The molecule has 2 aromatic rings. The highest BCUT2D eigenvalue weighted by Gasteiger charge is 2.31. The molecule has 1 amide bonds. The first-order chi connectivity index (χ1) is 14.9. The minimum Gasteiger partial charge on any atom is -0.321 e. The first-order valence-electron chi connectivity index (χ1n) is 10.7. The number of amides is 1. The molecular formula is C22H29N3O3S3. The quantitative estimate of drug-likeness (QED) is 0.679. The summed E-state index contributed by atoms with van der Waals surface area (Å²) < 4.78 is 27.5. The van der Waals surface area contributed by atoms with Gasteiger partial charge in [-0.1, -0.05) is 19.1 Å². The van der Waals surface area contributed by atoms with E-state index in [0.717, 1.165) is 48.4 Å². The molecular weight excluding hydrogens is 450 g/mol. The zero-order valence-electron chi connectivity index (χ0n) is 17.7. The molecule has 2 fully saturated rings. The molecule has 2 aliphatic rings. The van der Waals surface area contributed by atoms with E-state index in [1.807, 2.05) is 24.3 Å². The van der Waals surface area contributed by atoms with Gasteiger partial charge in [-0.15, -0.1) is 11.3 Å². The predicted octanol–water partition coefficient (Wildman–Crippen LogP) is 3.97. The molecule has 1 N–H and O–H groups in total. The summed E-state index contributed by atoms with van der Waals surface area (Å²) in [5.41, 5.74) is 1.89. The number of rotatable bonds is 6. The molecule has 0 saturated carbocycles. The number of carbonyl (C=O) groups excluding carboxylic acids is 1. The van der Waals surface area contributed by atoms with E-state index in [1.165, 1.54) is 22.7 Å². The highest BCUT2D eigenvalue weighted by Crippen LogP contribution is 2.28. The van der Waals surface area contributed by atoms with E-state index in [0.29, 0.717) is 18.8 Å². The van der Waals surface area contributed by atoms with Gasteiger partial charge < -0.3 is 5.32 Å². The molecule has 3 heterocycles. The van der Waals surface area contributed by atoms with Gasteiger partial charge in [-0.3, -0.25) is 9.69 Å². The number of benzene rings is 1. The minimum atomic E-state index is -3.65. The molecule has 168 valence electrons. The Kier molecular flexibility index (Phi) is 7.38.